The zero-order chi connectivity index (χ0) is 13.7. The molecule has 2 heteroatoms. The molecule has 0 radical (unpaired) electrons. The fourth-order valence-corrected chi connectivity index (χ4v) is 2.27. The Morgan fingerprint density at radius 1 is 1.00 bits per heavy atom. The summed E-state index contributed by atoms with van der Waals surface area (Å²) in [5.74, 6) is -0.176. The molecule has 0 bridgehead atoms. The van der Waals surface area contributed by atoms with E-state index in [0.29, 0.717) is 6.42 Å². The lowest BCUT2D eigenvalue weighted by atomic mass is 9.95. The number of aryl methyl sites for hydroxylation is 1. The van der Waals surface area contributed by atoms with E-state index in [1.54, 1.807) is 12.1 Å². The van der Waals surface area contributed by atoms with Crippen molar-refractivity contribution in [2.75, 3.05) is 5.73 Å². The summed E-state index contributed by atoms with van der Waals surface area (Å²) in [5, 5.41) is 0. The van der Waals surface area contributed by atoms with E-state index < -0.39 is 0 Å². The summed E-state index contributed by atoms with van der Waals surface area (Å²) in [6, 6.07) is 12.9. The third kappa shape index (κ3) is 3.57. The van der Waals surface area contributed by atoms with Crippen molar-refractivity contribution in [3.8, 4) is 0 Å². The normalized spacial score (nSPS) is 10.6. The molecule has 0 saturated carbocycles. The second-order valence-corrected chi connectivity index (χ2v) is 4.89. The Morgan fingerprint density at radius 3 is 2.53 bits per heavy atom. The standard InChI is InChI=1S/C17H20FN/c1-2-3-6-13-9-10-16(18)12-15(13)11-14-7-4-5-8-17(14)19/h4-5,7-10,12H,2-3,6,11,19H2,1H3. The molecular weight excluding hydrogens is 237 g/mol. The fourth-order valence-electron chi connectivity index (χ4n) is 2.27. The summed E-state index contributed by atoms with van der Waals surface area (Å²) >= 11 is 0. The number of unbranched alkanes of at least 4 members (excludes halogenated alkanes) is 1. The molecule has 1 nitrogen and oxygen atoms in total. The quantitative estimate of drug-likeness (QED) is 0.792. The Morgan fingerprint density at radius 2 is 1.79 bits per heavy atom. The molecule has 19 heavy (non-hydrogen) atoms. The Labute approximate surface area is 114 Å². The molecule has 2 aromatic carbocycles. The SMILES string of the molecule is CCCCc1ccc(F)cc1Cc1ccccc1N. The maximum absolute atomic E-state index is 13.4. The van der Waals surface area contributed by atoms with Gasteiger partial charge in [0, 0.05) is 5.69 Å². The largest absolute Gasteiger partial charge is 0.398 e. The van der Waals surface area contributed by atoms with Gasteiger partial charge in [0.25, 0.3) is 0 Å². The average molecular weight is 257 g/mol. The first-order chi connectivity index (χ1) is 9.20. The molecule has 0 saturated heterocycles. The van der Waals surface area contributed by atoms with Crippen LogP contribution < -0.4 is 5.73 Å². The average Bonchev–Trinajstić information content (AvgIpc) is 2.40. The zero-order valence-corrected chi connectivity index (χ0v) is 11.3. The van der Waals surface area contributed by atoms with E-state index in [-0.39, 0.29) is 5.82 Å². The summed E-state index contributed by atoms with van der Waals surface area (Å²) in [6.07, 6.45) is 3.97. The van der Waals surface area contributed by atoms with Crippen molar-refractivity contribution in [2.45, 2.75) is 32.6 Å². The number of nitrogens with two attached hydrogens (primary N) is 1. The van der Waals surface area contributed by atoms with E-state index in [2.05, 4.69) is 6.92 Å². The van der Waals surface area contributed by atoms with Crippen molar-refractivity contribution >= 4 is 5.69 Å². The maximum Gasteiger partial charge on any atom is 0.123 e. The van der Waals surface area contributed by atoms with Crippen LogP contribution in [0, 0.1) is 5.82 Å². The van der Waals surface area contributed by atoms with E-state index in [4.69, 9.17) is 5.73 Å². The number of hydrogen-bond donors (Lipinski definition) is 1. The highest BCUT2D eigenvalue weighted by molar-refractivity contribution is 5.49. The molecule has 0 unspecified atom stereocenters. The lowest BCUT2D eigenvalue weighted by Gasteiger charge is -2.11. The minimum absolute atomic E-state index is 0.176. The van der Waals surface area contributed by atoms with Crippen LogP contribution in [0.5, 0.6) is 0 Å². The summed E-state index contributed by atoms with van der Waals surface area (Å²) in [7, 11) is 0. The Balaban J connectivity index is 2.27. The monoisotopic (exact) mass is 257 g/mol. The predicted molar refractivity (Wildman–Crippen MR) is 78.7 cm³/mol. The van der Waals surface area contributed by atoms with Crippen LogP contribution >= 0.6 is 0 Å². The molecule has 0 spiro atoms. The maximum atomic E-state index is 13.4. The number of nitrogen functional groups attached to an aromatic ring is 1. The first-order valence-corrected chi connectivity index (χ1v) is 6.81. The first-order valence-electron chi connectivity index (χ1n) is 6.81. The van der Waals surface area contributed by atoms with Crippen molar-refractivity contribution in [2.24, 2.45) is 0 Å². The van der Waals surface area contributed by atoms with Gasteiger partial charge in [0.2, 0.25) is 0 Å². The van der Waals surface area contributed by atoms with E-state index in [1.807, 2.05) is 30.3 Å². The first kappa shape index (κ1) is 13.6. The molecule has 2 aromatic rings. The van der Waals surface area contributed by atoms with Crippen molar-refractivity contribution in [1.82, 2.24) is 0 Å². The van der Waals surface area contributed by atoms with Crippen LogP contribution in [0.3, 0.4) is 0 Å². The summed E-state index contributed by atoms with van der Waals surface area (Å²) in [5.41, 5.74) is 10.1. The van der Waals surface area contributed by atoms with Gasteiger partial charge in [-0.25, -0.2) is 4.39 Å². The van der Waals surface area contributed by atoms with Crippen molar-refractivity contribution in [3.05, 3.63) is 65.0 Å². The van der Waals surface area contributed by atoms with Crippen LogP contribution in [0.2, 0.25) is 0 Å². The van der Waals surface area contributed by atoms with Gasteiger partial charge in [0.1, 0.15) is 5.82 Å². The minimum atomic E-state index is -0.176. The molecule has 0 fully saturated rings. The van der Waals surface area contributed by atoms with Gasteiger partial charge in [-0.2, -0.15) is 0 Å². The number of hydrogen-bond acceptors (Lipinski definition) is 1. The molecular formula is C17H20FN. The van der Waals surface area contributed by atoms with Crippen molar-refractivity contribution in [1.29, 1.82) is 0 Å². The van der Waals surface area contributed by atoms with E-state index in [1.165, 1.54) is 5.56 Å². The predicted octanol–water partition coefficient (Wildman–Crippen LogP) is 4.34. The number of halogens is 1. The summed E-state index contributed by atoms with van der Waals surface area (Å²) < 4.78 is 13.4. The molecule has 0 aromatic heterocycles. The Kier molecular flexibility index (Phi) is 4.56. The Hall–Kier alpha value is -1.83. The fraction of sp³-hybridized carbons (Fsp3) is 0.294. The number of anilines is 1. The second-order valence-electron chi connectivity index (χ2n) is 4.89. The van der Waals surface area contributed by atoms with Crippen molar-refractivity contribution < 1.29 is 4.39 Å². The van der Waals surface area contributed by atoms with Gasteiger partial charge in [0.15, 0.2) is 0 Å². The number of rotatable bonds is 5. The molecule has 2 rings (SSSR count). The van der Waals surface area contributed by atoms with E-state index >= 15 is 0 Å². The molecule has 0 atom stereocenters. The second kappa shape index (κ2) is 6.37. The van der Waals surface area contributed by atoms with E-state index in [9.17, 15) is 4.39 Å². The van der Waals surface area contributed by atoms with Gasteiger partial charge in [0.05, 0.1) is 0 Å². The molecule has 0 aliphatic carbocycles. The third-order valence-corrected chi connectivity index (χ3v) is 3.40. The van der Waals surface area contributed by atoms with Crippen LogP contribution in [-0.2, 0) is 12.8 Å². The number of para-hydroxylation sites is 1. The molecule has 0 aliphatic heterocycles. The lowest BCUT2D eigenvalue weighted by Crippen LogP contribution is -2.00. The highest BCUT2D eigenvalue weighted by Crippen LogP contribution is 2.21. The highest BCUT2D eigenvalue weighted by atomic mass is 19.1. The smallest absolute Gasteiger partial charge is 0.123 e. The topological polar surface area (TPSA) is 26.0 Å². The molecule has 100 valence electrons. The van der Waals surface area contributed by atoms with Crippen LogP contribution in [0.25, 0.3) is 0 Å². The summed E-state index contributed by atoms with van der Waals surface area (Å²) in [4.78, 5) is 0. The highest BCUT2D eigenvalue weighted by Gasteiger charge is 2.07. The zero-order valence-electron chi connectivity index (χ0n) is 11.3. The van der Waals surface area contributed by atoms with Gasteiger partial charge in [-0.15, -0.1) is 0 Å². The summed E-state index contributed by atoms with van der Waals surface area (Å²) in [6.45, 7) is 2.17. The van der Waals surface area contributed by atoms with Gasteiger partial charge in [-0.1, -0.05) is 37.6 Å². The molecule has 0 aliphatic rings. The van der Waals surface area contributed by atoms with Crippen LogP contribution in [0.15, 0.2) is 42.5 Å². The van der Waals surface area contributed by atoms with Crippen LogP contribution in [0.4, 0.5) is 10.1 Å². The van der Waals surface area contributed by atoms with Gasteiger partial charge in [-0.05, 0) is 54.2 Å². The third-order valence-electron chi connectivity index (χ3n) is 3.40. The number of benzene rings is 2. The van der Waals surface area contributed by atoms with Crippen molar-refractivity contribution in [3.63, 3.8) is 0 Å². The Bertz CT molecular complexity index is 549. The minimum Gasteiger partial charge on any atom is -0.398 e. The molecule has 2 N–H and O–H groups in total. The van der Waals surface area contributed by atoms with Crippen LogP contribution in [0.1, 0.15) is 36.5 Å². The van der Waals surface area contributed by atoms with Crippen LogP contribution in [-0.4, -0.2) is 0 Å². The lowest BCUT2D eigenvalue weighted by molar-refractivity contribution is 0.624. The van der Waals surface area contributed by atoms with E-state index in [0.717, 1.165) is 36.1 Å². The molecule has 0 heterocycles. The van der Waals surface area contributed by atoms with Gasteiger partial charge < -0.3 is 5.73 Å². The van der Waals surface area contributed by atoms with Gasteiger partial charge >= 0.3 is 0 Å². The van der Waals surface area contributed by atoms with Gasteiger partial charge in [-0.3, -0.25) is 0 Å². The molecule has 0 amide bonds.